The third-order valence-corrected chi connectivity index (χ3v) is 4.32. The highest BCUT2D eigenvalue weighted by atomic mass is 35.5. The van der Waals surface area contributed by atoms with Gasteiger partial charge in [0.2, 0.25) is 0 Å². The molecule has 2 N–H and O–H groups in total. The first kappa shape index (κ1) is 18.5. The first-order valence-corrected chi connectivity index (χ1v) is 9.22. The molecule has 0 amide bonds. The van der Waals surface area contributed by atoms with Gasteiger partial charge in [-0.25, -0.2) is 0 Å². The maximum Gasteiger partial charge on any atom is 0.0223 e. The zero-order valence-electron chi connectivity index (χ0n) is 13.4. The molecule has 1 aromatic rings. The highest BCUT2D eigenvalue weighted by Crippen LogP contribution is 2.12. The monoisotopic (exact) mass is 309 g/mol. The zero-order chi connectivity index (χ0) is 15.2. The van der Waals surface area contributed by atoms with Gasteiger partial charge in [0.05, 0.1) is 0 Å². The van der Waals surface area contributed by atoms with Gasteiger partial charge in [-0.1, -0.05) is 81.7 Å². The van der Waals surface area contributed by atoms with Crippen LogP contribution in [-0.4, -0.2) is 11.9 Å². The molecule has 0 radical (unpaired) electrons. The van der Waals surface area contributed by atoms with Gasteiger partial charge in [-0.3, -0.25) is 0 Å². The Hall–Kier alpha value is -0.530. The van der Waals surface area contributed by atoms with Crippen LogP contribution in [-0.2, 0) is 6.42 Å². The van der Waals surface area contributed by atoms with Gasteiger partial charge in [0.25, 0.3) is 0 Å². The summed E-state index contributed by atoms with van der Waals surface area (Å²) in [6.45, 7) is 0. The Morgan fingerprint density at radius 1 is 0.762 bits per heavy atom. The Morgan fingerprint density at radius 2 is 1.29 bits per heavy atom. The number of hydrogen-bond donors (Lipinski definition) is 1. The van der Waals surface area contributed by atoms with Crippen molar-refractivity contribution in [3.63, 3.8) is 0 Å². The Labute approximate surface area is 136 Å². The molecule has 1 aromatic carbocycles. The molecule has 0 aliphatic carbocycles. The van der Waals surface area contributed by atoms with Gasteiger partial charge in [0, 0.05) is 11.9 Å². The number of alkyl halides is 1. The first-order valence-electron chi connectivity index (χ1n) is 8.68. The SMILES string of the molecule is NC(CCCCCCCCCCCCl)Cc1ccccc1. The normalized spacial score (nSPS) is 12.5. The van der Waals surface area contributed by atoms with Crippen molar-refractivity contribution in [2.45, 2.75) is 76.7 Å². The largest absolute Gasteiger partial charge is 0.327 e. The minimum absolute atomic E-state index is 0.322. The van der Waals surface area contributed by atoms with Crippen molar-refractivity contribution in [3.05, 3.63) is 35.9 Å². The van der Waals surface area contributed by atoms with Crippen LogP contribution < -0.4 is 5.73 Å². The first-order chi connectivity index (χ1) is 10.3. The summed E-state index contributed by atoms with van der Waals surface area (Å²) in [6, 6.07) is 10.9. The standard InChI is InChI=1S/C19H32ClN/c20-16-12-7-5-3-1-2-4-6-11-15-19(21)17-18-13-9-8-10-14-18/h8-10,13-14,19H,1-7,11-12,15-17,21H2. The van der Waals surface area contributed by atoms with E-state index in [1.54, 1.807) is 0 Å². The van der Waals surface area contributed by atoms with E-state index < -0.39 is 0 Å². The number of rotatable bonds is 13. The Balaban J connectivity index is 1.87. The maximum absolute atomic E-state index is 6.20. The lowest BCUT2D eigenvalue weighted by molar-refractivity contribution is 0.522. The molecule has 0 spiro atoms. The molecule has 0 bridgehead atoms. The van der Waals surface area contributed by atoms with Gasteiger partial charge in [0.1, 0.15) is 0 Å². The van der Waals surface area contributed by atoms with Crippen molar-refractivity contribution in [2.24, 2.45) is 5.73 Å². The van der Waals surface area contributed by atoms with Crippen molar-refractivity contribution in [3.8, 4) is 0 Å². The topological polar surface area (TPSA) is 26.0 Å². The molecule has 0 fully saturated rings. The smallest absolute Gasteiger partial charge is 0.0223 e. The summed E-state index contributed by atoms with van der Waals surface area (Å²) in [5.41, 5.74) is 7.57. The molecule has 0 saturated carbocycles. The number of benzene rings is 1. The van der Waals surface area contributed by atoms with Crippen LogP contribution in [0, 0.1) is 0 Å². The molecule has 1 unspecified atom stereocenters. The van der Waals surface area contributed by atoms with Crippen molar-refractivity contribution in [1.82, 2.24) is 0 Å². The highest BCUT2D eigenvalue weighted by Gasteiger charge is 2.03. The second-order valence-electron chi connectivity index (χ2n) is 6.11. The number of unbranched alkanes of at least 4 members (excludes halogenated alkanes) is 8. The second-order valence-corrected chi connectivity index (χ2v) is 6.49. The van der Waals surface area contributed by atoms with Crippen molar-refractivity contribution >= 4 is 11.6 Å². The van der Waals surface area contributed by atoms with Crippen LogP contribution in [0.25, 0.3) is 0 Å². The fourth-order valence-electron chi connectivity index (χ4n) is 2.76. The van der Waals surface area contributed by atoms with E-state index in [0.717, 1.165) is 18.7 Å². The average molecular weight is 310 g/mol. The van der Waals surface area contributed by atoms with Crippen LogP contribution in [0.2, 0.25) is 0 Å². The Bertz CT molecular complexity index is 326. The molecule has 21 heavy (non-hydrogen) atoms. The number of hydrogen-bond acceptors (Lipinski definition) is 1. The van der Waals surface area contributed by atoms with E-state index in [2.05, 4.69) is 30.3 Å². The summed E-state index contributed by atoms with van der Waals surface area (Å²) < 4.78 is 0. The molecule has 120 valence electrons. The quantitative estimate of drug-likeness (QED) is 0.367. The predicted octanol–water partition coefficient (Wildman–Crippen LogP) is 5.70. The summed E-state index contributed by atoms with van der Waals surface area (Å²) in [5, 5.41) is 0. The lowest BCUT2D eigenvalue weighted by Crippen LogP contribution is -2.22. The molecule has 1 nitrogen and oxygen atoms in total. The van der Waals surface area contributed by atoms with Gasteiger partial charge in [-0.05, 0) is 24.8 Å². The fourth-order valence-corrected chi connectivity index (χ4v) is 2.95. The van der Waals surface area contributed by atoms with Crippen LogP contribution in [0.5, 0.6) is 0 Å². The fraction of sp³-hybridized carbons (Fsp3) is 0.684. The third-order valence-electron chi connectivity index (χ3n) is 4.05. The molecule has 0 aliphatic heterocycles. The minimum atomic E-state index is 0.322. The predicted molar refractivity (Wildman–Crippen MR) is 95.0 cm³/mol. The van der Waals surface area contributed by atoms with E-state index in [1.807, 2.05) is 0 Å². The molecule has 0 heterocycles. The Kier molecular flexibility index (Phi) is 11.6. The summed E-state index contributed by atoms with van der Waals surface area (Å²) in [5.74, 6) is 0.823. The lowest BCUT2D eigenvalue weighted by atomic mass is 10.00. The van der Waals surface area contributed by atoms with Gasteiger partial charge in [-0.15, -0.1) is 11.6 Å². The van der Waals surface area contributed by atoms with Gasteiger partial charge < -0.3 is 5.73 Å². The molecule has 1 rings (SSSR count). The summed E-state index contributed by atoms with van der Waals surface area (Å²) in [4.78, 5) is 0. The molecule has 0 saturated heterocycles. The molecule has 0 aliphatic rings. The molecule has 0 aromatic heterocycles. The summed E-state index contributed by atoms with van der Waals surface area (Å²) in [6.07, 6.45) is 14.1. The van der Waals surface area contributed by atoms with Crippen LogP contribution in [0.15, 0.2) is 30.3 Å². The van der Waals surface area contributed by atoms with E-state index in [4.69, 9.17) is 17.3 Å². The minimum Gasteiger partial charge on any atom is -0.327 e. The van der Waals surface area contributed by atoms with E-state index in [-0.39, 0.29) is 0 Å². The molecular formula is C19H32ClN. The number of halogens is 1. The summed E-state index contributed by atoms with van der Waals surface area (Å²) >= 11 is 5.67. The van der Waals surface area contributed by atoms with E-state index in [1.165, 1.54) is 63.4 Å². The molecule has 2 heteroatoms. The van der Waals surface area contributed by atoms with Crippen LogP contribution in [0.1, 0.15) is 69.8 Å². The molecule has 1 atom stereocenters. The van der Waals surface area contributed by atoms with E-state index in [9.17, 15) is 0 Å². The third kappa shape index (κ3) is 10.8. The molecular weight excluding hydrogens is 278 g/mol. The van der Waals surface area contributed by atoms with Crippen molar-refractivity contribution < 1.29 is 0 Å². The second kappa shape index (κ2) is 13.2. The zero-order valence-corrected chi connectivity index (χ0v) is 14.2. The lowest BCUT2D eigenvalue weighted by Gasteiger charge is -2.11. The van der Waals surface area contributed by atoms with Gasteiger partial charge in [-0.2, -0.15) is 0 Å². The maximum atomic E-state index is 6.20. The van der Waals surface area contributed by atoms with Crippen molar-refractivity contribution in [1.29, 1.82) is 0 Å². The highest BCUT2D eigenvalue weighted by molar-refractivity contribution is 6.17. The van der Waals surface area contributed by atoms with Crippen LogP contribution in [0.4, 0.5) is 0 Å². The van der Waals surface area contributed by atoms with E-state index in [0.29, 0.717) is 6.04 Å². The Morgan fingerprint density at radius 3 is 1.86 bits per heavy atom. The van der Waals surface area contributed by atoms with Gasteiger partial charge in [0.15, 0.2) is 0 Å². The van der Waals surface area contributed by atoms with Gasteiger partial charge >= 0.3 is 0 Å². The average Bonchev–Trinajstić information content (AvgIpc) is 2.50. The van der Waals surface area contributed by atoms with Crippen LogP contribution >= 0.6 is 11.6 Å². The van der Waals surface area contributed by atoms with Crippen molar-refractivity contribution in [2.75, 3.05) is 5.88 Å². The van der Waals surface area contributed by atoms with Crippen LogP contribution in [0.3, 0.4) is 0 Å². The number of nitrogens with two attached hydrogens (primary N) is 1. The van der Waals surface area contributed by atoms with E-state index >= 15 is 0 Å². The summed E-state index contributed by atoms with van der Waals surface area (Å²) in [7, 11) is 0.